The van der Waals surface area contributed by atoms with Crippen molar-refractivity contribution in [2.75, 3.05) is 5.73 Å². The van der Waals surface area contributed by atoms with Crippen LogP contribution in [-0.4, -0.2) is 19.7 Å². The molecule has 0 aliphatic heterocycles. The summed E-state index contributed by atoms with van der Waals surface area (Å²) in [6, 6.07) is 18.1. The molecule has 0 saturated heterocycles. The van der Waals surface area contributed by atoms with Crippen molar-refractivity contribution in [3.8, 4) is 22.8 Å². The molecule has 146 valence electrons. The van der Waals surface area contributed by atoms with E-state index in [1.807, 2.05) is 61.5 Å². The first-order valence-electron chi connectivity index (χ1n) is 10.0. The van der Waals surface area contributed by atoms with Crippen molar-refractivity contribution >= 4 is 16.9 Å². The first-order chi connectivity index (χ1) is 14.2. The van der Waals surface area contributed by atoms with Crippen LogP contribution in [0, 0.1) is 6.92 Å². The average Bonchev–Trinajstić information content (AvgIpc) is 3.37. The Bertz CT molecular complexity index is 1150. The van der Waals surface area contributed by atoms with E-state index in [-0.39, 0.29) is 0 Å². The minimum Gasteiger partial charge on any atom is -0.457 e. The fourth-order valence-electron chi connectivity index (χ4n) is 4.09. The minimum absolute atomic E-state index is 0.376. The maximum absolute atomic E-state index is 6.31. The van der Waals surface area contributed by atoms with E-state index in [1.54, 1.807) is 0 Å². The average molecular weight is 385 g/mol. The molecule has 0 spiro atoms. The van der Waals surface area contributed by atoms with Gasteiger partial charge >= 0.3 is 0 Å². The largest absolute Gasteiger partial charge is 0.457 e. The molecule has 4 aromatic rings. The summed E-state index contributed by atoms with van der Waals surface area (Å²) in [4.78, 5) is 9.08. The van der Waals surface area contributed by atoms with E-state index in [0.717, 1.165) is 46.6 Å². The van der Waals surface area contributed by atoms with Crippen LogP contribution in [0.3, 0.4) is 0 Å². The number of benzene rings is 2. The Hall–Kier alpha value is -3.41. The molecular formula is C23H23N5O. The Kier molecular flexibility index (Phi) is 4.39. The number of hydrogen-bond acceptors (Lipinski definition) is 5. The van der Waals surface area contributed by atoms with Crippen molar-refractivity contribution in [3.05, 3.63) is 60.4 Å². The molecule has 1 fully saturated rings. The molecule has 2 aromatic carbocycles. The van der Waals surface area contributed by atoms with E-state index in [9.17, 15) is 0 Å². The molecule has 2 heterocycles. The third kappa shape index (κ3) is 3.31. The van der Waals surface area contributed by atoms with Gasteiger partial charge in [0, 0.05) is 5.56 Å². The number of anilines is 1. The number of fused-ring (bicyclic) bond motifs is 1. The summed E-state index contributed by atoms with van der Waals surface area (Å²) in [5.41, 5.74) is 8.95. The van der Waals surface area contributed by atoms with Gasteiger partial charge in [-0.15, -0.1) is 0 Å². The number of hydrogen-bond donors (Lipinski definition) is 1. The van der Waals surface area contributed by atoms with Crippen molar-refractivity contribution in [1.82, 2.24) is 19.7 Å². The number of aryl methyl sites for hydroxylation is 1. The van der Waals surface area contributed by atoms with Gasteiger partial charge in [0.05, 0.1) is 11.4 Å². The second-order valence-corrected chi connectivity index (χ2v) is 7.53. The highest BCUT2D eigenvalue weighted by atomic mass is 16.5. The lowest BCUT2D eigenvalue weighted by atomic mass is 10.1. The van der Waals surface area contributed by atoms with Crippen LogP contribution in [0.15, 0.2) is 54.6 Å². The van der Waals surface area contributed by atoms with Crippen LogP contribution in [0.5, 0.6) is 11.5 Å². The number of rotatable bonds is 4. The maximum Gasteiger partial charge on any atom is 0.164 e. The Morgan fingerprint density at radius 1 is 0.931 bits per heavy atom. The number of para-hydroxylation sites is 1. The molecule has 0 unspecified atom stereocenters. The summed E-state index contributed by atoms with van der Waals surface area (Å²) >= 11 is 0. The summed E-state index contributed by atoms with van der Waals surface area (Å²) < 4.78 is 7.97. The van der Waals surface area contributed by atoms with Gasteiger partial charge in [0.25, 0.3) is 0 Å². The molecule has 0 atom stereocenters. The van der Waals surface area contributed by atoms with E-state index in [0.29, 0.717) is 17.7 Å². The van der Waals surface area contributed by atoms with Gasteiger partial charge in [0.15, 0.2) is 5.65 Å². The Labute approximate surface area is 169 Å². The number of nitrogens with two attached hydrogens (primary N) is 1. The van der Waals surface area contributed by atoms with Gasteiger partial charge in [-0.2, -0.15) is 5.10 Å². The lowest BCUT2D eigenvalue weighted by molar-refractivity contribution is 0.479. The summed E-state index contributed by atoms with van der Waals surface area (Å²) in [5, 5.41) is 5.78. The summed E-state index contributed by atoms with van der Waals surface area (Å²) in [6.45, 7) is 1.87. The Balaban J connectivity index is 1.56. The standard InChI is InChI=1S/C23H23N5O/c1-15-25-22(24)20-21(27-28(23(20)26-15)17-7-5-6-8-17)16-11-13-19(14-12-16)29-18-9-3-2-4-10-18/h2-4,9-14,17H,5-8H2,1H3,(H2,24,25,26). The van der Waals surface area contributed by atoms with E-state index >= 15 is 0 Å². The predicted octanol–water partition coefficient (Wildman–Crippen LogP) is 5.29. The molecule has 1 saturated carbocycles. The summed E-state index contributed by atoms with van der Waals surface area (Å²) in [7, 11) is 0. The van der Waals surface area contributed by atoms with Gasteiger partial charge in [0.2, 0.25) is 0 Å². The normalized spacial score (nSPS) is 14.5. The van der Waals surface area contributed by atoms with E-state index in [4.69, 9.17) is 15.6 Å². The Morgan fingerprint density at radius 3 is 2.34 bits per heavy atom. The summed E-state index contributed by atoms with van der Waals surface area (Å²) in [6.07, 6.45) is 4.71. The zero-order valence-electron chi connectivity index (χ0n) is 16.4. The van der Waals surface area contributed by atoms with Crippen LogP contribution in [-0.2, 0) is 0 Å². The van der Waals surface area contributed by atoms with Gasteiger partial charge < -0.3 is 10.5 Å². The zero-order chi connectivity index (χ0) is 19.8. The lowest BCUT2D eigenvalue weighted by Gasteiger charge is -2.10. The van der Waals surface area contributed by atoms with Crippen LogP contribution >= 0.6 is 0 Å². The molecule has 0 amide bonds. The first-order valence-corrected chi connectivity index (χ1v) is 10.0. The fourth-order valence-corrected chi connectivity index (χ4v) is 4.09. The van der Waals surface area contributed by atoms with Gasteiger partial charge in [-0.05, 0) is 56.2 Å². The monoisotopic (exact) mass is 385 g/mol. The van der Waals surface area contributed by atoms with E-state index in [2.05, 4.69) is 14.6 Å². The molecule has 1 aliphatic carbocycles. The minimum atomic E-state index is 0.376. The molecule has 2 N–H and O–H groups in total. The van der Waals surface area contributed by atoms with Crippen molar-refractivity contribution in [2.24, 2.45) is 0 Å². The van der Waals surface area contributed by atoms with Crippen molar-refractivity contribution < 1.29 is 4.74 Å². The number of nitrogen functional groups attached to an aromatic ring is 1. The molecule has 6 heteroatoms. The van der Waals surface area contributed by atoms with Crippen molar-refractivity contribution in [1.29, 1.82) is 0 Å². The second kappa shape index (κ2) is 7.20. The maximum atomic E-state index is 6.31. The molecule has 5 rings (SSSR count). The third-order valence-corrected chi connectivity index (χ3v) is 5.47. The number of nitrogens with zero attached hydrogens (tertiary/aromatic N) is 4. The van der Waals surface area contributed by atoms with Crippen LogP contribution in [0.25, 0.3) is 22.3 Å². The Morgan fingerprint density at radius 2 is 1.62 bits per heavy atom. The molecule has 29 heavy (non-hydrogen) atoms. The van der Waals surface area contributed by atoms with Crippen molar-refractivity contribution in [3.63, 3.8) is 0 Å². The highest BCUT2D eigenvalue weighted by Crippen LogP contribution is 2.37. The lowest BCUT2D eigenvalue weighted by Crippen LogP contribution is -2.08. The van der Waals surface area contributed by atoms with Gasteiger partial charge in [-0.1, -0.05) is 31.0 Å². The molecule has 0 bridgehead atoms. The molecule has 6 nitrogen and oxygen atoms in total. The van der Waals surface area contributed by atoms with Crippen molar-refractivity contribution in [2.45, 2.75) is 38.6 Å². The predicted molar refractivity (Wildman–Crippen MR) is 114 cm³/mol. The number of aromatic nitrogens is 4. The van der Waals surface area contributed by atoms with Crippen LogP contribution in [0.2, 0.25) is 0 Å². The first kappa shape index (κ1) is 17.7. The van der Waals surface area contributed by atoms with Crippen LogP contribution in [0.1, 0.15) is 37.5 Å². The SMILES string of the molecule is Cc1nc(N)c2c(-c3ccc(Oc4ccccc4)cc3)nn(C3CCCC3)c2n1. The fraction of sp³-hybridized carbons (Fsp3) is 0.261. The van der Waals surface area contributed by atoms with E-state index in [1.165, 1.54) is 12.8 Å². The topological polar surface area (TPSA) is 78.9 Å². The van der Waals surface area contributed by atoms with Gasteiger partial charge in [-0.25, -0.2) is 14.6 Å². The van der Waals surface area contributed by atoms with E-state index < -0.39 is 0 Å². The summed E-state index contributed by atoms with van der Waals surface area (Å²) in [5.74, 6) is 2.74. The molecule has 2 aromatic heterocycles. The zero-order valence-corrected chi connectivity index (χ0v) is 16.4. The smallest absolute Gasteiger partial charge is 0.164 e. The second-order valence-electron chi connectivity index (χ2n) is 7.53. The third-order valence-electron chi connectivity index (χ3n) is 5.47. The highest BCUT2D eigenvalue weighted by Gasteiger charge is 2.25. The van der Waals surface area contributed by atoms with Crippen LogP contribution < -0.4 is 10.5 Å². The highest BCUT2D eigenvalue weighted by molar-refractivity contribution is 5.98. The molecule has 1 aliphatic rings. The molecular weight excluding hydrogens is 362 g/mol. The van der Waals surface area contributed by atoms with Gasteiger partial charge in [0.1, 0.15) is 28.8 Å². The van der Waals surface area contributed by atoms with Gasteiger partial charge in [-0.3, -0.25) is 0 Å². The number of ether oxygens (including phenoxy) is 1. The van der Waals surface area contributed by atoms with Crippen LogP contribution in [0.4, 0.5) is 5.82 Å². The quantitative estimate of drug-likeness (QED) is 0.516. The molecule has 0 radical (unpaired) electrons.